The van der Waals surface area contributed by atoms with Gasteiger partial charge in [-0.05, 0) is 30.3 Å². The number of hydrogen-bond donors (Lipinski definition) is 0. The highest BCUT2D eigenvalue weighted by Gasteiger charge is 2.24. The lowest BCUT2D eigenvalue weighted by molar-refractivity contribution is 0.443. The quantitative estimate of drug-likeness (QED) is 0.393. The van der Waals surface area contributed by atoms with Crippen LogP contribution < -0.4 is 4.67 Å². The summed E-state index contributed by atoms with van der Waals surface area (Å²) in [4.78, 5) is 10.9. The minimum absolute atomic E-state index is 0.0997. The summed E-state index contributed by atoms with van der Waals surface area (Å²) in [6, 6.07) is 5.68. The predicted molar refractivity (Wildman–Crippen MR) is 112 cm³/mol. The largest absolute Gasteiger partial charge is 0.423 e. The Morgan fingerprint density at radius 3 is 3.00 bits per heavy atom. The van der Waals surface area contributed by atoms with E-state index in [9.17, 15) is 4.39 Å². The molecule has 0 spiro atoms. The second kappa shape index (κ2) is 8.96. The Kier molecular flexibility index (Phi) is 6.41. The van der Waals surface area contributed by atoms with Crippen LogP contribution in [0.5, 0.6) is 0 Å². The molecule has 0 aromatic heterocycles. The van der Waals surface area contributed by atoms with Crippen LogP contribution in [-0.4, -0.2) is 42.6 Å². The molecule has 2 aliphatic heterocycles. The second-order valence-electron chi connectivity index (χ2n) is 6.49. The van der Waals surface area contributed by atoms with E-state index in [2.05, 4.69) is 33.6 Å². The van der Waals surface area contributed by atoms with E-state index in [-0.39, 0.29) is 5.02 Å². The van der Waals surface area contributed by atoms with Crippen LogP contribution >= 0.6 is 11.6 Å². The Morgan fingerprint density at radius 1 is 1.37 bits per heavy atom. The monoisotopic (exact) mass is 385 g/mol. The van der Waals surface area contributed by atoms with Crippen LogP contribution in [0.25, 0.3) is 6.08 Å². The highest BCUT2D eigenvalue weighted by Crippen LogP contribution is 2.29. The summed E-state index contributed by atoms with van der Waals surface area (Å²) in [6.07, 6.45) is 9.81. The standard InChI is InChI=1S/C21H23ClFN4/c1-3-15-6-5-10-27(11-9-15)21-19(25-14-24-2)8-4-7-16-12-17(22)18(23)13-20(16)26-21/h4,6-7,12-13H,3,5,8-11H2,1-2H3/q+1. The second-order valence-corrected chi connectivity index (χ2v) is 6.90. The Hall–Kier alpha value is -2.45. The maximum atomic E-state index is 14.1. The molecule has 0 radical (unpaired) electrons. The first-order valence-electron chi connectivity index (χ1n) is 9.20. The van der Waals surface area contributed by atoms with Gasteiger partial charge in [0.05, 0.1) is 10.7 Å². The van der Waals surface area contributed by atoms with Crippen molar-refractivity contribution in [3.05, 3.63) is 46.3 Å². The highest BCUT2D eigenvalue weighted by molar-refractivity contribution is 6.42. The third kappa shape index (κ3) is 4.64. The molecule has 0 amide bonds. The summed E-state index contributed by atoms with van der Waals surface area (Å²) < 4.78 is 18.4. The van der Waals surface area contributed by atoms with Gasteiger partial charge in [-0.2, -0.15) is 4.67 Å². The molecule has 27 heavy (non-hydrogen) atoms. The molecule has 0 saturated heterocycles. The Balaban J connectivity index is 2.10. The summed E-state index contributed by atoms with van der Waals surface area (Å²) in [7, 11) is 1.63. The van der Waals surface area contributed by atoms with Crippen molar-refractivity contribution in [3.63, 3.8) is 0 Å². The average molecular weight is 386 g/mol. The van der Waals surface area contributed by atoms with Gasteiger partial charge in [-0.3, -0.25) is 0 Å². The number of benzene rings is 1. The van der Waals surface area contributed by atoms with Crippen LogP contribution in [-0.2, 0) is 0 Å². The van der Waals surface area contributed by atoms with Crippen LogP contribution in [0.3, 0.4) is 0 Å². The Labute approximate surface area is 164 Å². The summed E-state index contributed by atoms with van der Waals surface area (Å²) in [5.41, 5.74) is 3.59. The summed E-state index contributed by atoms with van der Waals surface area (Å²) in [6.45, 7) is 3.89. The van der Waals surface area contributed by atoms with Gasteiger partial charge in [0, 0.05) is 31.1 Å². The smallest absolute Gasteiger partial charge is 0.352 e. The zero-order valence-corrected chi connectivity index (χ0v) is 16.4. The lowest BCUT2D eigenvalue weighted by atomic mass is 10.1. The van der Waals surface area contributed by atoms with Gasteiger partial charge in [0.1, 0.15) is 12.9 Å². The first kappa shape index (κ1) is 19.3. The lowest BCUT2D eigenvalue weighted by Gasteiger charge is -2.23. The lowest BCUT2D eigenvalue weighted by Crippen LogP contribution is -2.38. The van der Waals surface area contributed by atoms with E-state index in [1.165, 1.54) is 11.6 Å². The van der Waals surface area contributed by atoms with Crippen molar-refractivity contribution in [1.82, 2.24) is 9.57 Å². The molecule has 0 atom stereocenters. The molecule has 0 saturated carbocycles. The van der Waals surface area contributed by atoms with Gasteiger partial charge >= 0.3 is 6.01 Å². The Morgan fingerprint density at radius 2 is 2.22 bits per heavy atom. The topological polar surface area (TPSA) is 42.1 Å². The molecule has 3 rings (SSSR count). The van der Waals surface area contributed by atoms with E-state index < -0.39 is 5.82 Å². The number of aliphatic imine (C=N–C) groups is 2. The van der Waals surface area contributed by atoms with E-state index in [4.69, 9.17) is 16.6 Å². The van der Waals surface area contributed by atoms with Gasteiger partial charge in [0.2, 0.25) is 0 Å². The van der Waals surface area contributed by atoms with Crippen LogP contribution in [0.4, 0.5) is 10.1 Å². The number of amidine groups is 1. The van der Waals surface area contributed by atoms with Crippen LogP contribution in [0.15, 0.2) is 39.8 Å². The fourth-order valence-corrected chi connectivity index (χ4v) is 3.43. The first-order valence-corrected chi connectivity index (χ1v) is 9.58. The summed E-state index contributed by atoms with van der Waals surface area (Å²) in [5, 5.41) is 0.0997. The van der Waals surface area contributed by atoms with Crippen molar-refractivity contribution in [2.24, 2.45) is 9.98 Å². The van der Waals surface area contributed by atoms with Crippen molar-refractivity contribution in [2.75, 3.05) is 20.1 Å². The van der Waals surface area contributed by atoms with E-state index in [0.717, 1.165) is 49.5 Å². The molecule has 0 N–H and O–H groups in total. The summed E-state index contributed by atoms with van der Waals surface area (Å²) >= 11 is 5.95. The number of nitrogens with zero attached hydrogens (tertiary/aromatic N) is 4. The average Bonchev–Trinajstić information content (AvgIpc) is 2.90. The first-order chi connectivity index (χ1) is 13.1. The third-order valence-corrected chi connectivity index (χ3v) is 5.03. The van der Waals surface area contributed by atoms with Crippen LogP contribution in [0.2, 0.25) is 5.02 Å². The van der Waals surface area contributed by atoms with Gasteiger partial charge in [-0.1, -0.05) is 42.3 Å². The SMILES string of the molecule is CCC1=CCCN(C2=Nc3cc(F)c(Cl)cc3C=CCC2=[N+]=C=NC)CC1. The van der Waals surface area contributed by atoms with E-state index in [1.807, 2.05) is 12.2 Å². The molecule has 0 aliphatic carbocycles. The number of hydrogen-bond acceptors (Lipinski definition) is 3. The van der Waals surface area contributed by atoms with Gasteiger partial charge in [-0.25, -0.2) is 9.38 Å². The van der Waals surface area contributed by atoms with Gasteiger partial charge in [-0.15, -0.1) is 0 Å². The minimum Gasteiger partial charge on any atom is -0.352 e. The number of rotatable bonds is 1. The van der Waals surface area contributed by atoms with Crippen molar-refractivity contribution in [1.29, 1.82) is 0 Å². The molecule has 4 nitrogen and oxygen atoms in total. The molecule has 2 heterocycles. The minimum atomic E-state index is -0.474. The zero-order chi connectivity index (χ0) is 19.2. The number of allylic oxidation sites excluding steroid dienone is 1. The fraction of sp³-hybridized carbons (Fsp3) is 0.381. The molecule has 0 bridgehead atoms. The predicted octanol–water partition coefficient (Wildman–Crippen LogP) is 4.67. The molecular weight excluding hydrogens is 363 g/mol. The van der Waals surface area contributed by atoms with Crippen molar-refractivity contribution in [2.45, 2.75) is 32.6 Å². The van der Waals surface area contributed by atoms with E-state index in [1.54, 1.807) is 13.1 Å². The maximum Gasteiger partial charge on any atom is 0.423 e. The maximum absolute atomic E-state index is 14.1. The Bertz CT molecular complexity index is 916. The molecule has 0 fully saturated rings. The third-order valence-electron chi connectivity index (χ3n) is 4.74. The normalized spacial score (nSPS) is 16.9. The van der Waals surface area contributed by atoms with Crippen molar-refractivity contribution < 1.29 is 4.39 Å². The molecule has 6 heteroatoms. The molecule has 2 aliphatic rings. The molecule has 1 aromatic carbocycles. The van der Waals surface area contributed by atoms with Crippen molar-refractivity contribution >= 4 is 40.9 Å². The molecular formula is C21H23ClFN4+. The fourth-order valence-electron chi connectivity index (χ4n) is 3.26. The van der Waals surface area contributed by atoms with E-state index in [0.29, 0.717) is 12.1 Å². The van der Waals surface area contributed by atoms with Crippen molar-refractivity contribution in [3.8, 4) is 0 Å². The van der Waals surface area contributed by atoms with Gasteiger partial charge in [0.15, 0.2) is 5.84 Å². The molecule has 0 unspecified atom stereocenters. The van der Waals surface area contributed by atoms with Gasteiger partial charge in [0.25, 0.3) is 5.71 Å². The molecule has 140 valence electrons. The van der Waals surface area contributed by atoms with Crippen LogP contribution in [0, 0.1) is 5.82 Å². The number of fused-ring (bicyclic) bond motifs is 1. The molecule has 1 aromatic rings. The van der Waals surface area contributed by atoms with Crippen LogP contribution in [0.1, 0.15) is 38.2 Å². The van der Waals surface area contributed by atoms with E-state index >= 15 is 0 Å². The zero-order valence-electron chi connectivity index (χ0n) is 15.7. The number of halogens is 2. The summed E-state index contributed by atoms with van der Waals surface area (Å²) in [5.74, 6) is 0.280. The van der Waals surface area contributed by atoms with Gasteiger partial charge < -0.3 is 4.90 Å². The highest BCUT2D eigenvalue weighted by atomic mass is 35.5.